The number of aliphatic carboxylic acids is 1. The summed E-state index contributed by atoms with van der Waals surface area (Å²) in [5.74, 6) is -0.578. The van der Waals surface area contributed by atoms with Crippen LogP contribution in [0.2, 0.25) is 0 Å². The van der Waals surface area contributed by atoms with Gasteiger partial charge in [-0.05, 0) is 6.42 Å². The molecule has 1 N–H and O–H groups in total. The summed E-state index contributed by atoms with van der Waals surface area (Å²) in [5, 5.41) is 7.42. The van der Waals surface area contributed by atoms with Crippen molar-refractivity contribution in [1.82, 2.24) is 4.90 Å². The van der Waals surface area contributed by atoms with Gasteiger partial charge >= 0.3 is 0 Å². The molecule has 29 heavy (non-hydrogen) atoms. The minimum atomic E-state index is -0.833. The summed E-state index contributed by atoms with van der Waals surface area (Å²) in [6, 6.07) is 0. The van der Waals surface area contributed by atoms with E-state index in [9.17, 15) is 4.79 Å². The molecule has 0 bridgehead atoms. The molecule has 1 radical (unpaired) electrons. The smallest absolute Gasteiger partial charge is 0.300 e. The first-order valence-corrected chi connectivity index (χ1v) is 11.6. The second-order valence-corrected chi connectivity index (χ2v) is 7.83. The van der Waals surface area contributed by atoms with Crippen molar-refractivity contribution in [3.05, 3.63) is 0 Å². The Morgan fingerprint density at radius 1 is 0.828 bits per heavy atom. The average Bonchev–Trinajstić information content (AvgIpc) is 3.19. The van der Waals surface area contributed by atoms with Crippen molar-refractivity contribution >= 4 is 18.2 Å². The first-order chi connectivity index (χ1) is 13.6. The van der Waals surface area contributed by atoms with Crippen LogP contribution in [0.5, 0.6) is 0 Å². The summed E-state index contributed by atoms with van der Waals surface area (Å²) >= 11 is 0. The third-order valence-electron chi connectivity index (χ3n) is 5.01. The standard InChI is InChI=1S/C21H40N2O.C2H4O2.Ag/c1-2-3-4-5-6-7-8-9-10-11-12-13-14-15-16-17-21(24)23-19-18-22-20-23;1-2(3)4;/h20H,2-19H2,1H3;1H3,(H,3,4);. The number of unbranched alkanes of at least 4 members (excludes halogenated alkanes) is 14. The molecular weight excluding hydrogens is 460 g/mol. The largest absolute Gasteiger partial charge is 0.481 e. The maximum absolute atomic E-state index is 11.8. The molecule has 0 aromatic carbocycles. The van der Waals surface area contributed by atoms with Gasteiger partial charge < -0.3 is 10.0 Å². The van der Waals surface area contributed by atoms with Gasteiger partial charge in [0.1, 0.15) is 0 Å². The van der Waals surface area contributed by atoms with Gasteiger partial charge in [0.25, 0.3) is 5.97 Å². The molecule has 0 saturated heterocycles. The van der Waals surface area contributed by atoms with Crippen LogP contribution in [0.15, 0.2) is 4.99 Å². The molecule has 1 heterocycles. The second-order valence-electron chi connectivity index (χ2n) is 7.83. The van der Waals surface area contributed by atoms with E-state index < -0.39 is 5.97 Å². The summed E-state index contributed by atoms with van der Waals surface area (Å²) < 4.78 is 0. The van der Waals surface area contributed by atoms with E-state index in [4.69, 9.17) is 9.90 Å². The van der Waals surface area contributed by atoms with E-state index in [1.807, 2.05) is 0 Å². The molecule has 0 fully saturated rings. The van der Waals surface area contributed by atoms with Crippen molar-refractivity contribution in [2.75, 3.05) is 13.1 Å². The number of hydrogen-bond acceptors (Lipinski definition) is 3. The molecule has 0 spiro atoms. The Hall–Kier alpha value is -0.650. The molecule has 0 aromatic rings. The fraction of sp³-hybridized carbons (Fsp3) is 0.870. The first kappa shape index (κ1) is 30.5. The zero-order chi connectivity index (χ0) is 20.9. The van der Waals surface area contributed by atoms with Gasteiger partial charge in [0, 0.05) is 42.3 Å². The Bertz CT molecular complexity index is 413. The maximum atomic E-state index is 11.8. The number of rotatable bonds is 16. The summed E-state index contributed by atoms with van der Waals surface area (Å²) in [7, 11) is 0. The van der Waals surface area contributed by atoms with E-state index >= 15 is 0 Å². The zero-order valence-corrected chi connectivity index (χ0v) is 20.2. The molecule has 0 aromatic heterocycles. The average molecular weight is 504 g/mol. The minimum Gasteiger partial charge on any atom is -0.481 e. The van der Waals surface area contributed by atoms with Crippen LogP contribution in [0.3, 0.4) is 0 Å². The summed E-state index contributed by atoms with van der Waals surface area (Å²) in [4.78, 5) is 26.7. The molecule has 0 atom stereocenters. The molecule has 0 unspecified atom stereocenters. The number of aliphatic imine (C=N–C) groups is 1. The predicted molar refractivity (Wildman–Crippen MR) is 118 cm³/mol. The molecule has 1 aliphatic heterocycles. The van der Waals surface area contributed by atoms with Crippen LogP contribution in [0.25, 0.3) is 0 Å². The maximum Gasteiger partial charge on any atom is 0.300 e. The van der Waals surface area contributed by atoms with Crippen molar-refractivity contribution in [3.8, 4) is 0 Å². The molecule has 175 valence electrons. The van der Waals surface area contributed by atoms with Gasteiger partial charge in [-0.2, -0.15) is 0 Å². The molecular formula is C23H44AgN2O3. The number of hydrogen-bond donors (Lipinski definition) is 1. The molecule has 1 rings (SSSR count). The predicted octanol–water partition coefficient (Wildman–Crippen LogP) is 6.21. The third kappa shape index (κ3) is 23.5. The SMILES string of the molecule is CC(=O)O.CCCCCCCCCCCCCCCCCC(=O)N1C=NCC1.[Ag]. The van der Waals surface area contributed by atoms with E-state index in [2.05, 4.69) is 11.9 Å². The zero-order valence-electron chi connectivity index (χ0n) is 18.8. The molecule has 1 aliphatic rings. The van der Waals surface area contributed by atoms with Crippen LogP contribution < -0.4 is 0 Å². The molecule has 5 nitrogen and oxygen atoms in total. The minimum absolute atomic E-state index is 0. The first-order valence-electron chi connectivity index (χ1n) is 11.6. The van der Waals surface area contributed by atoms with Gasteiger partial charge in [-0.3, -0.25) is 14.6 Å². The van der Waals surface area contributed by atoms with Crippen LogP contribution in [-0.4, -0.2) is 41.3 Å². The number of carboxylic acids is 1. The van der Waals surface area contributed by atoms with Crippen LogP contribution in [0.4, 0.5) is 0 Å². The van der Waals surface area contributed by atoms with Gasteiger partial charge in [0.2, 0.25) is 5.91 Å². The topological polar surface area (TPSA) is 70.0 Å². The van der Waals surface area contributed by atoms with Gasteiger partial charge in [-0.15, -0.1) is 0 Å². The Balaban J connectivity index is 0. The van der Waals surface area contributed by atoms with Gasteiger partial charge in [0.15, 0.2) is 0 Å². The van der Waals surface area contributed by atoms with Gasteiger partial charge in [0.05, 0.1) is 12.9 Å². The fourth-order valence-corrected chi connectivity index (χ4v) is 3.36. The van der Waals surface area contributed by atoms with Crippen LogP contribution >= 0.6 is 0 Å². The van der Waals surface area contributed by atoms with Crippen LogP contribution in [-0.2, 0) is 32.0 Å². The Morgan fingerprint density at radius 3 is 1.55 bits per heavy atom. The van der Waals surface area contributed by atoms with E-state index in [1.54, 1.807) is 11.2 Å². The van der Waals surface area contributed by atoms with Crippen LogP contribution in [0, 0.1) is 0 Å². The van der Waals surface area contributed by atoms with Crippen molar-refractivity contribution in [2.45, 2.75) is 117 Å². The third-order valence-corrected chi connectivity index (χ3v) is 5.01. The second kappa shape index (κ2) is 23.6. The Kier molecular flexibility index (Phi) is 24.9. The number of carbonyl (C=O) groups excluding carboxylic acids is 1. The quantitative estimate of drug-likeness (QED) is 0.201. The summed E-state index contributed by atoms with van der Waals surface area (Å²) in [6.45, 7) is 4.94. The number of nitrogens with zero attached hydrogens (tertiary/aromatic N) is 2. The van der Waals surface area contributed by atoms with Crippen LogP contribution in [0.1, 0.15) is 117 Å². The van der Waals surface area contributed by atoms with Crippen molar-refractivity contribution in [1.29, 1.82) is 0 Å². The molecule has 0 saturated carbocycles. The van der Waals surface area contributed by atoms with Crippen molar-refractivity contribution in [2.24, 2.45) is 4.99 Å². The Morgan fingerprint density at radius 2 is 1.21 bits per heavy atom. The fourth-order valence-electron chi connectivity index (χ4n) is 3.36. The summed E-state index contributed by atoms with van der Waals surface area (Å²) in [6.07, 6.45) is 22.9. The van der Waals surface area contributed by atoms with E-state index in [-0.39, 0.29) is 28.3 Å². The van der Waals surface area contributed by atoms with Gasteiger partial charge in [-0.25, -0.2) is 0 Å². The van der Waals surface area contributed by atoms with E-state index in [0.717, 1.165) is 26.4 Å². The number of amides is 1. The number of carboxylic acid groups (broad SMARTS) is 1. The van der Waals surface area contributed by atoms with Crippen molar-refractivity contribution in [3.63, 3.8) is 0 Å². The Labute approximate surface area is 194 Å². The molecule has 1 amide bonds. The monoisotopic (exact) mass is 503 g/mol. The number of carbonyl (C=O) groups is 2. The summed E-state index contributed by atoms with van der Waals surface area (Å²) in [5.41, 5.74) is 0. The molecule has 6 heteroatoms. The van der Waals surface area contributed by atoms with E-state index in [0.29, 0.717) is 6.42 Å². The van der Waals surface area contributed by atoms with Crippen molar-refractivity contribution < 1.29 is 37.1 Å². The normalized spacial score (nSPS) is 12.3. The van der Waals surface area contributed by atoms with E-state index in [1.165, 1.54) is 89.9 Å². The molecule has 0 aliphatic carbocycles. The van der Waals surface area contributed by atoms with Gasteiger partial charge in [-0.1, -0.05) is 96.8 Å².